The second-order valence-electron chi connectivity index (χ2n) is 5.54. The maximum atomic E-state index is 11.8. The van der Waals surface area contributed by atoms with Gasteiger partial charge in [0, 0.05) is 23.9 Å². The number of carbonyl (C=O) groups is 2. The number of hydrogen-bond donors (Lipinski definition) is 1. The number of rotatable bonds is 9. The van der Waals surface area contributed by atoms with Crippen molar-refractivity contribution < 1.29 is 19.1 Å². The Morgan fingerprint density at radius 3 is 2.62 bits per heavy atom. The molecule has 0 aliphatic carbocycles. The zero-order chi connectivity index (χ0) is 18.6. The first kappa shape index (κ1) is 19.2. The summed E-state index contributed by atoms with van der Waals surface area (Å²) in [5.41, 5.74) is 1.88. The molecule has 1 N–H and O–H groups in total. The van der Waals surface area contributed by atoms with Gasteiger partial charge in [0.05, 0.1) is 13.2 Å². The molecule has 0 aliphatic heterocycles. The quantitative estimate of drug-likeness (QED) is 0.424. The summed E-state index contributed by atoms with van der Waals surface area (Å²) in [6.45, 7) is 2.57. The Morgan fingerprint density at radius 1 is 1.04 bits per heavy atom. The highest BCUT2D eigenvalue weighted by atomic mass is 16.5. The van der Waals surface area contributed by atoms with Crippen molar-refractivity contribution in [3.63, 3.8) is 0 Å². The van der Waals surface area contributed by atoms with Gasteiger partial charge < -0.3 is 14.8 Å². The Bertz CT molecular complexity index is 741. The summed E-state index contributed by atoms with van der Waals surface area (Å²) in [5.74, 6) is -0.261. The van der Waals surface area contributed by atoms with Gasteiger partial charge in [0.15, 0.2) is 0 Å². The Labute approximate surface area is 153 Å². The molecule has 2 aromatic carbocycles. The Balaban J connectivity index is 1.78. The Hall–Kier alpha value is -3.08. The normalized spacial score (nSPS) is 10.5. The van der Waals surface area contributed by atoms with Crippen LogP contribution in [0.25, 0.3) is 0 Å². The first-order valence-corrected chi connectivity index (χ1v) is 8.60. The number of esters is 1. The minimum Gasteiger partial charge on any atom is -0.494 e. The SMILES string of the molecule is CCOC(=O)/C=C/C(=O)Nc1cccc(OCCCc2ccccc2)c1. The molecule has 0 spiro atoms. The lowest BCUT2D eigenvalue weighted by molar-refractivity contribution is -0.137. The molecule has 2 rings (SSSR count). The number of carbonyl (C=O) groups excluding carboxylic acids is 2. The maximum absolute atomic E-state index is 11.8. The second-order valence-corrected chi connectivity index (χ2v) is 5.54. The van der Waals surface area contributed by atoms with Crippen LogP contribution in [0.5, 0.6) is 5.75 Å². The van der Waals surface area contributed by atoms with Crippen LogP contribution in [0.4, 0.5) is 5.69 Å². The molecule has 0 aromatic heterocycles. The van der Waals surface area contributed by atoms with Crippen molar-refractivity contribution in [2.45, 2.75) is 19.8 Å². The lowest BCUT2D eigenvalue weighted by atomic mass is 10.1. The highest BCUT2D eigenvalue weighted by Crippen LogP contribution is 2.18. The van der Waals surface area contributed by atoms with Gasteiger partial charge in [-0.2, -0.15) is 0 Å². The minimum atomic E-state index is -0.543. The van der Waals surface area contributed by atoms with Gasteiger partial charge in [-0.05, 0) is 37.5 Å². The van der Waals surface area contributed by atoms with Crippen LogP contribution in [0.2, 0.25) is 0 Å². The molecule has 1 amide bonds. The average Bonchev–Trinajstić information content (AvgIpc) is 2.65. The molecule has 0 heterocycles. The molecule has 0 unspecified atom stereocenters. The number of benzene rings is 2. The summed E-state index contributed by atoms with van der Waals surface area (Å²) in [4.78, 5) is 23.0. The molecule has 2 aromatic rings. The average molecular weight is 353 g/mol. The monoisotopic (exact) mass is 353 g/mol. The molecule has 5 heteroatoms. The summed E-state index contributed by atoms with van der Waals surface area (Å²) in [6, 6.07) is 17.4. The van der Waals surface area contributed by atoms with Crippen molar-refractivity contribution in [3.05, 3.63) is 72.3 Å². The summed E-state index contributed by atoms with van der Waals surface area (Å²) < 4.78 is 10.5. The van der Waals surface area contributed by atoms with Gasteiger partial charge in [-0.3, -0.25) is 4.79 Å². The third-order valence-electron chi connectivity index (χ3n) is 3.48. The lowest BCUT2D eigenvalue weighted by Crippen LogP contribution is -2.09. The largest absolute Gasteiger partial charge is 0.494 e. The van der Waals surface area contributed by atoms with E-state index < -0.39 is 11.9 Å². The minimum absolute atomic E-state index is 0.272. The third-order valence-corrected chi connectivity index (χ3v) is 3.48. The highest BCUT2D eigenvalue weighted by molar-refractivity contribution is 6.02. The second kappa shape index (κ2) is 10.7. The maximum Gasteiger partial charge on any atom is 0.330 e. The number of amides is 1. The van der Waals surface area contributed by atoms with E-state index in [1.807, 2.05) is 24.3 Å². The van der Waals surface area contributed by atoms with Gasteiger partial charge in [0.1, 0.15) is 5.75 Å². The van der Waals surface area contributed by atoms with Crippen molar-refractivity contribution in [1.82, 2.24) is 0 Å². The standard InChI is InChI=1S/C21H23NO4/c1-2-25-21(24)14-13-20(23)22-18-11-6-12-19(16-18)26-15-7-10-17-8-4-3-5-9-17/h3-6,8-9,11-14,16H,2,7,10,15H2,1H3,(H,22,23)/b14-13+. The van der Waals surface area contributed by atoms with Crippen LogP contribution in [0.15, 0.2) is 66.7 Å². The highest BCUT2D eigenvalue weighted by Gasteiger charge is 2.02. The third kappa shape index (κ3) is 7.21. The zero-order valence-electron chi connectivity index (χ0n) is 14.8. The van der Waals surface area contributed by atoms with E-state index in [1.54, 1.807) is 25.1 Å². The van der Waals surface area contributed by atoms with Gasteiger partial charge >= 0.3 is 5.97 Å². The molecular weight excluding hydrogens is 330 g/mol. The van der Waals surface area contributed by atoms with E-state index in [0.29, 0.717) is 18.0 Å². The first-order valence-electron chi connectivity index (χ1n) is 8.60. The fourth-order valence-electron chi connectivity index (χ4n) is 2.29. The van der Waals surface area contributed by atoms with Crippen LogP contribution in [0.3, 0.4) is 0 Å². The summed E-state index contributed by atoms with van der Waals surface area (Å²) in [7, 11) is 0. The Morgan fingerprint density at radius 2 is 1.85 bits per heavy atom. The van der Waals surface area contributed by atoms with Crippen molar-refractivity contribution >= 4 is 17.6 Å². The van der Waals surface area contributed by atoms with Crippen LogP contribution in [-0.2, 0) is 20.7 Å². The van der Waals surface area contributed by atoms with E-state index in [0.717, 1.165) is 25.0 Å². The fraction of sp³-hybridized carbons (Fsp3) is 0.238. The predicted octanol–water partition coefficient (Wildman–Crippen LogP) is 3.76. The van der Waals surface area contributed by atoms with Gasteiger partial charge in [-0.15, -0.1) is 0 Å². The van der Waals surface area contributed by atoms with E-state index in [-0.39, 0.29) is 6.61 Å². The molecule has 0 radical (unpaired) electrons. The number of nitrogens with one attached hydrogen (secondary N) is 1. The molecule has 0 bridgehead atoms. The van der Waals surface area contributed by atoms with E-state index in [2.05, 4.69) is 17.4 Å². The van der Waals surface area contributed by atoms with Crippen LogP contribution < -0.4 is 10.1 Å². The van der Waals surface area contributed by atoms with Crippen molar-refractivity contribution in [1.29, 1.82) is 0 Å². The van der Waals surface area contributed by atoms with Crippen molar-refractivity contribution in [2.75, 3.05) is 18.5 Å². The van der Waals surface area contributed by atoms with E-state index >= 15 is 0 Å². The molecule has 0 saturated heterocycles. The molecule has 5 nitrogen and oxygen atoms in total. The molecule has 0 atom stereocenters. The Kier molecular flexibility index (Phi) is 7.93. The van der Waals surface area contributed by atoms with Gasteiger partial charge in [-0.1, -0.05) is 36.4 Å². The summed E-state index contributed by atoms with van der Waals surface area (Å²) in [6.07, 6.45) is 4.10. The predicted molar refractivity (Wildman–Crippen MR) is 101 cm³/mol. The van der Waals surface area contributed by atoms with Crippen LogP contribution >= 0.6 is 0 Å². The summed E-state index contributed by atoms with van der Waals surface area (Å²) >= 11 is 0. The molecule has 0 aliphatic rings. The molecule has 0 fully saturated rings. The van der Waals surface area contributed by atoms with Gasteiger partial charge in [0.2, 0.25) is 5.91 Å². The van der Waals surface area contributed by atoms with Crippen LogP contribution in [0, 0.1) is 0 Å². The molecular formula is C21H23NO4. The number of aryl methyl sites for hydroxylation is 1. The summed E-state index contributed by atoms with van der Waals surface area (Å²) in [5, 5.41) is 2.68. The first-order chi connectivity index (χ1) is 12.7. The fourth-order valence-corrected chi connectivity index (χ4v) is 2.29. The topological polar surface area (TPSA) is 64.6 Å². The number of ether oxygens (including phenoxy) is 2. The van der Waals surface area contributed by atoms with E-state index in [1.165, 1.54) is 5.56 Å². The van der Waals surface area contributed by atoms with Crippen LogP contribution in [-0.4, -0.2) is 25.1 Å². The number of anilines is 1. The van der Waals surface area contributed by atoms with Crippen molar-refractivity contribution in [3.8, 4) is 5.75 Å². The molecule has 26 heavy (non-hydrogen) atoms. The van der Waals surface area contributed by atoms with Gasteiger partial charge in [0.25, 0.3) is 0 Å². The van der Waals surface area contributed by atoms with Gasteiger partial charge in [-0.25, -0.2) is 4.79 Å². The molecule has 136 valence electrons. The smallest absolute Gasteiger partial charge is 0.330 e. The lowest BCUT2D eigenvalue weighted by Gasteiger charge is -2.08. The van der Waals surface area contributed by atoms with E-state index in [9.17, 15) is 9.59 Å². The van der Waals surface area contributed by atoms with Crippen LogP contribution in [0.1, 0.15) is 18.9 Å². The molecule has 0 saturated carbocycles. The number of hydrogen-bond acceptors (Lipinski definition) is 4. The zero-order valence-corrected chi connectivity index (χ0v) is 14.8. The van der Waals surface area contributed by atoms with E-state index in [4.69, 9.17) is 9.47 Å². The van der Waals surface area contributed by atoms with Crippen molar-refractivity contribution in [2.24, 2.45) is 0 Å².